The van der Waals surface area contributed by atoms with Crippen LogP contribution in [0.4, 0.5) is 0 Å². The summed E-state index contributed by atoms with van der Waals surface area (Å²) in [5, 5.41) is 0. The lowest BCUT2D eigenvalue weighted by molar-refractivity contribution is -0.156. The molecule has 0 aromatic heterocycles. The Morgan fingerprint density at radius 1 is 1.64 bits per heavy atom. The van der Waals surface area contributed by atoms with Crippen LogP contribution in [0.15, 0.2) is 0 Å². The number of hydrogen-bond donors (Lipinski definition) is 0. The van der Waals surface area contributed by atoms with E-state index in [9.17, 15) is 9.59 Å². The molecule has 0 aliphatic carbocycles. The average Bonchev–Trinajstić information content (AvgIpc) is 2.47. The number of rotatable bonds is 3. The van der Waals surface area contributed by atoms with E-state index in [1.54, 1.807) is 6.92 Å². The highest BCUT2D eigenvalue weighted by molar-refractivity contribution is 5.96. The Kier molecular flexibility index (Phi) is 3.49. The number of ether oxygens (including phenoxy) is 2. The molecule has 4 nitrogen and oxygen atoms in total. The summed E-state index contributed by atoms with van der Waals surface area (Å²) >= 11 is 0. The van der Waals surface area contributed by atoms with E-state index in [4.69, 9.17) is 9.47 Å². The summed E-state index contributed by atoms with van der Waals surface area (Å²) in [5.74, 6) is -1.40. The summed E-state index contributed by atoms with van der Waals surface area (Å²) < 4.78 is 9.70. The lowest BCUT2D eigenvalue weighted by atomic mass is 9.86. The Hall–Kier alpha value is -1.06. The molecule has 0 aromatic carbocycles. The molecule has 1 aliphatic heterocycles. The van der Waals surface area contributed by atoms with E-state index in [-0.39, 0.29) is 11.8 Å². The Morgan fingerprint density at radius 3 is 2.79 bits per heavy atom. The molecule has 0 bridgehead atoms. The van der Waals surface area contributed by atoms with Gasteiger partial charge in [0.25, 0.3) is 0 Å². The average molecular weight is 200 g/mol. The highest BCUT2D eigenvalue weighted by Gasteiger charge is 2.44. The van der Waals surface area contributed by atoms with Crippen LogP contribution >= 0.6 is 0 Å². The monoisotopic (exact) mass is 200 g/mol. The zero-order valence-corrected chi connectivity index (χ0v) is 8.78. The van der Waals surface area contributed by atoms with Crippen LogP contribution in [0.5, 0.6) is 0 Å². The molecule has 0 radical (unpaired) electrons. The smallest absolute Gasteiger partial charge is 0.320 e. The molecule has 0 N–H and O–H groups in total. The van der Waals surface area contributed by atoms with Crippen LogP contribution in [0.3, 0.4) is 0 Å². The van der Waals surface area contributed by atoms with Crippen molar-refractivity contribution in [2.75, 3.05) is 13.2 Å². The molecule has 1 saturated heterocycles. The SMILES string of the molecule is CCOC(=O)C1C(=O)OCC1C(C)C. The van der Waals surface area contributed by atoms with Crippen LogP contribution < -0.4 is 0 Å². The third kappa shape index (κ3) is 2.05. The number of carbonyl (C=O) groups is 2. The Morgan fingerprint density at radius 2 is 2.29 bits per heavy atom. The lowest BCUT2D eigenvalue weighted by Gasteiger charge is -2.16. The predicted octanol–water partition coefficient (Wildman–Crippen LogP) is 0.995. The molecular formula is C10H16O4. The highest BCUT2D eigenvalue weighted by atomic mass is 16.6. The molecule has 2 unspecified atom stereocenters. The number of carbonyl (C=O) groups excluding carboxylic acids is 2. The van der Waals surface area contributed by atoms with Crippen molar-refractivity contribution in [2.45, 2.75) is 20.8 Å². The van der Waals surface area contributed by atoms with E-state index in [1.807, 2.05) is 13.8 Å². The van der Waals surface area contributed by atoms with Crippen molar-refractivity contribution in [2.24, 2.45) is 17.8 Å². The van der Waals surface area contributed by atoms with Gasteiger partial charge in [0.15, 0.2) is 5.92 Å². The lowest BCUT2D eigenvalue weighted by Crippen LogP contribution is -2.30. The van der Waals surface area contributed by atoms with Crippen LogP contribution in [0.2, 0.25) is 0 Å². The summed E-state index contributed by atoms with van der Waals surface area (Å²) in [6.07, 6.45) is 0. The third-order valence-electron chi connectivity index (χ3n) is 2.50. The molecule has 0 aromatic rings. The summed E-state index contributed by atoms with van der Waals surface area (Å²) in [5.41, 5.74) is 0. The van der Waals surface area contributed by atoms with E-state index >= 15 is 0 Å². The second-order valence-electron chi connectivity index (χ2n) is 3.77. The van der Waals surface area contributed by atoms with Crippen LogP contribution in [-0.2, 0) is 19.1 Å². The first-order valence-corrected chi connectivity index (χ1v) is 4.91. The fraction of sp³-hybridized carbons (Fsp3) is 0.800. The standard InChI is InChI=1S/C10H16O4/c1-4-13-9(11)8-7(6(2)3)5-14-10(8)12/h6-8H,4-5H2,1-3H3. The van der Waals surface area contributed by atoms with Crippen molar-refractivity contribution >= 4 is 11.9 Å². The van der Waals surface area contributed by atoms with Gasteiger partial charge in [0, 0.05) is 5.92 Å². The minimum absolute atomic E-state index is 0.0402. The first kappa shape index (κ1) is 11.0. The zero-order chi connectivity index (χ0) is 10.7. The summed E-state index contributed by atoms with van der Waals surface area (Å²) in [4.78, 5) is 22.7. The molecule has 80 valence electrons. The maximum atomic E-state index is 11.4. The van der Waals surface area contributed by atoms with Crippen molar-refractivity contribution < 1.29 is 19.1 Å². The van der Waals surface area contributed by atoms with Crippen LogP contribution in [0, 0.1) is 17.8 Å². The largest absolute Gasteiger partial charge is 0.465 e. The molecule has 1 rings (SSSR count). The molecular weight excluding hydrogens is 184 g/mol. The molecule has 2 atom stereocenters. The fourth-order valence-corrected chi connectivity index (χ4v) is 1.62. The molecule has 1 aliphatic rings. The normalized spacial score (nSPS) is 26.4. The molecule has 0 spiro atoms. The van der Waals surface area contributed by atoms with Gasteiger partial charge in [-0.05, 0) is 12.8 Å². The van der Waals surface area contributed by atoms with Crippen molar-refractivity contribution in [1.82, 2.24) is 0 Å². The molecule has 14 heavy (non-hydrogen) atoms. The molecule has 1 heterocycles. The van der Waals surface area contributed by atoms with Crippen molar-refractivity contribution in [3.63, 3.8) is 0 Å². The Balaban J connectivity index is 2.71. The van der Waals surface area contributed by atoms with Gasteiger partial charge in [0.2, 0.25) is 0 Å². The summed E-state index contributed by atoms with van der Waals surface area (Å²) in [6.45, 7) is 6.30. The molecule has 0 amide bonds. The predicted molar refractivity (Wildman–Crippen MR) is 49.4 cm³/mol. The summed E-state index contributed by atoms with van der Waals surface area (Å²) in [7, 11) is 0. The van der Waals surface area contributed by atoms with Crippen LogP contribution in [-0.4, -0.2) is 25.2 Å². The fourth-order valence-electron chi connectivity index (χ4n) is 1.62. The molecule has 0 saturated carbocycles. The van der Waals surface area contributed by atoms with E-state index in [2.05, 4.69) is 0 Å². The van der Waals surface area contributed by atoms with Crippen molar-refractivity contribution in [1.29, 1.82) is 0 Å². The first-order valence-electron chi connectivity index (χ1n) is 4.91. The minimum Gasteiger partial charge on any atom is -0.465 e. The Bertz CT molecular complexity index is 234. The van der Waals surface area contributed by atoms with E-state index < -0.39 is 17.9 Å². The maximum absolute atomic E-state index is 11.4. The third-order valence-corrected chi connectivity index (χ3v) is 2.50. The van der Waals surface area contributed by atoms with E-state index in [1.165, 1.54) is 0 Å². The van der Waals surface area contributed by atoms with Gasteiger partial charge in [-0.15, -0.1) is 0 Å². The molecule has 1 fully saturated rings. The minimum atomic E-state index is -0.713. The second-order valence-corrected chi connectivity index (χ2v) is 3.77. The van der Waals surface area contributed by atoms with Gasteiger partial charge in [-0.25, -0.2) is 0 Å². The van der Waals surface area contributed by atoms with E-state index in [0.29, 0.717) is 13.2 Å². The topological polar surface area (TPSA) is 52.6 Å². The first-order chi connectivity index (χ1) is 6.57. The highest BCUT2D eigenvalue weighted by Crippen LogP contribution is 2.29. The van der Waals surface area contributed by atoms with E-state index in [0.717, 1.165) is 0 Å². The Labute approximate surface area is 83.6 Å². The number of hydrogen-bond acceptors (Lipinski definition) is 4. The van der Waals surface area contributed by atoms with Gasteiger partial charge < -0.3 is 9.47 Å². The maximum Gasteiger partial charge on any atom is 0.320 e. The number of esters is 2. The zero-order valence-electron chi connectivity index (χ0n) is 8.78. The van der Waals surface area contributed by atoms with Gasteiger partial charge in [0.05, 0.1) is 13.2 Å². The van der Waals surface area contributed by atoms with Crippen LogP contribution in [0.25, 0.3) is 0 Å². The second kappa shape index (κ2) is 4.44. The van der Waals surface area contributed by atoms with Gasteiger partial charge in [-0.1, -0.05) is 13.8 Å². The van der Waals surface area contributed by atoms with Gasteiger partial charge in [-0.3, -0.25) is 9.59 Å². The summed E-state index contributed by atoms with van der Waals surface area (Å²) in [6, 6.07) is 0. The molecule has 4 heteroatoms. The van der Waals surface area contributed by atoms with Crippen molar-refractivity contribution in [3.8, 4) is 0 Å². The quantitative estimate of drug-likeness (QED) is 0.503. The van der Waals surface area contributed by atoms with Crippen molar-refractivity contribution in [3.05, 3.63) is 0 Å². The van der Waals surface area contributed by atoms with Gasteiger partial charge >= 0.3 is 11.9 Å². The van der Waals surface area contributed by atoms with Crippen LogP contribution in [0.1, 0.15) is 20.8 Å². The number of cyclic esters (lactones) is 1. The van der Waals surface area contributed by atoms with Gasteiger partial charge in [0.1, 0.15) is 0 Å². The van der Waals surface area contributed by atoms with Gasteiger partial charge in [-0.2, -0.15) is 0 Å².